The topological polar surface area (TPSA) is 87.6 Å². The summed E-state index contributed by atoms with van der Waals surface area (Å²) in [4.78, 5) is 11.8. The van der Waals surface area contributed by atoms with Crippen LogP contribution in [-0.4, -0.2) is 32.1 Å². The van der Waals surface area contributed by atoms with Crippen molar-refractivity contribution in [2.45, 2.75) is 33.2 Å². The number of urea groups is 1. The second-order valence-electron chi connectivity index (χ2n) is 5.04. The van der Waals surface area contributed by atoms with Crippen molar-refractivity contribution in [2.75, 3.05) is 5.32 Å². The first kappa shape index (κ1) is 14.1. The van der Waals surface area contributed by atoms with Gasteiger partial charge in [-0.15, -0.1) is 0 Å². The number of nitrogens with zero attached hydrogens (tertiary/aromatic N) is 3. The molecule has 0 radical (unpaired) electrons. The maximum atomic E-state index is 11.8. The van der Waals surface area contributed by atoms with Crippen LogP contribution in [0.15, 0.2) is 12.1 Å². The van der Waals surface area contributed by atoms with E-state index in [1.54, 1.807) is 4.68 Å². The normalized spacial score (nSPS) is 12.2. The molecular formula is C13H20N6O. The molecule has 2 rings (SSSR count). The van der Waals surface area contributed by atoms with E-state index in [0.717, 1.165) is 17.1 Å². The molecule has 3 N–H and O–H groups in total. The zero-order valence-corrected chi connectivity index (χ0v) is 12.2. The molecule has 0 spiro atoms. The minimum absolute atomic E-state index is 0.0116. The molecule has 0 saturated heterocycles. The Kier molecular flexibility index (Phi) is 4.07. The maximum Gasteiger partial charge on any atom is 0.320 e. The lowest BCUT2D eigenvalue weighted by molar-refractivity contribution is 0.249. The third-order valence-corrected chi connectivity index (χ3v) is 3.01. The zero-order chi connectivity index (χ0) is 14.7. The van der Waals surface area contributed by atoms with E-state index in [9.17, 15) is 4.79 Å². The van der Waals surface area contributed by atoms with Crippen LogP contribution in [0.5, 0.6) is 0 Å². The van der Waals surface area contributed by atoms with Gasteiger partial charge in [0, 0.05) is 37.0 Å². The summed E-state index contributed by atoms with van der Waals surface area (Å²) in [6, 6.07) is 3.52. The highest BCUT2D eigenvalue weighted by molar-refractivity contribution is 5.88. The smallest absolute Gasteiger partial charge is 0.320 e. The van der Waals surface area contributed by atoms with Gasteiger partial charge < -0.3 is 5.32 Å². The fraction of sp³-hybridized carbons (Fsp3) is 0.462. The molecule has 0 aliphatic carbocycles. The molecule has 0 aliphatic heterocycles. The highest BCUT2D eigenvalue weighted by Crippen LogP contribution is 2.07. The standard InChI is InChI=1S/C13H20N6O/c1-8(5-11-6-9(2)16-17-11)14-13(20)15-12-7-10(3)19(4)18-12/h6-8H,5H2,1-4H3,(H,16,17)(H2,14,15,18,20)/t8-/m0/s1. The average Bonchev–Trinajstić information content (AvgIpc) is 2.86. The second-order valence-corrected chi connectivity index (χ2v) is 5.04. The first-order chi connectivity index (χ1) is 9.44. The second kappa shape index (κ2) is 5.77. The van der Waals surface area contributed by atoms with Crippen molar-refractivity contribution in [3.05, 3.63) is 29.2 Å². The van der Waals surface area contributed by atoms with Gasteiger partial charge in [-0.3, -0.25) is 15.1 Å². The molecule has 7 heteroatoms. The van der Waals surface area contributed by atoms with Gasteiger partial charge in [0.1, 0.15) is 0 Å². The van der Waals surface area contributed by atoms with Crippen molar-refractivity contribution in [1.29, 1.82) is 0 Å². The van der Waals surface area contributed by atoms with Gasteiger partial charge in [0.25, 0.3) is 0 Å². The third-order valence-electron chi connectivity index (χ3n) is 3.01. The van der Waals surface area contributed by atoms with Crippen molar-refractivity contribution in [1.82, 2.24) is 25.3 Å². The lowest BCUT2D eigenvalue weighted by Crippen LogP contribution is -2.37. The quantitative estimate of drug-likeness (QED) is 0.791. The van der Waals surface area contributed by atoms with Crippen molar-refractivity contribution in [3.8, 4) is 0 Å². The molecule has 2 heterocycles. The van der Waals surface area contributed by atoms with Gasteiger partial charge in [-0.1, -0.05) is 0 Å². The van der Waals surface area contributed by atoms with Crippen LogP contribution in [0.3, 0.4) is 0 Å². The van der Waals surface area contributed by atoms with Crippen molar-refractivity contribution in [3.63, 3.8) is 0 Å². The Balaban J connectivity index is 1.84. The van der Waals surface area contributed by atoms with Crippen LogP contribution >= 0.6 is 0 Å². The van der Waals surface area contributed by atoms with E-state index in [1.165, 1.54) is 0 Å². The van der Waals surface area contributed by atoms with E-state index < -0.39 is 0 Å². The summed E-state index contributed by atoms with van der Waals surface area (Å²) in [6.45, 7) is 5.82. The van der Waals surface area contributed by atoms with E-state index >= 15 is 0 Å². The number of carbonyl (C=O) groups is 1. The van der Waals surface area contributed by atoms with Crippen molar-refractivity contribution in [2.24, 2.45) is 7.05 Å². The summed E-state index contributed by atoms with van der Waals surface area (Å²) in [5.41, 5.74) is 2.94. The molecule has 108 valence electrons. The van der Waals surface area contributed by atoms with Crippen molar-refractivity contribution < 1.29 is 4.79 Å². The van der Waals surface area contributed by atoms with Gasteiger partial charge in [0.05, 0.1) is 5.69 Å². The molecule has 0 fully saturated rings. The average molecular weight is 276 g/mol. The Labute approximate surface area is 117 Å². The summed E-state index contributed by atoms with van der Waals surface area (Å²) in [5, 5.41) is 16.8. The Morgan fingerprint density at radius 2 is 2.20 bits per heavy atom. The monoisotopic (exact) mass is 276 g/mol. The lowest BCUT2D eigenvalue weighted by Gasteiger charge is -2.12. The first-order valence-electron chi connectivity index (χ1n) is 6.53. The van der Waals surface area contributed by atoms with Crippen LogP contribution < -0.4 is 10.6 Å². The molecule has 0 saturated carbocycles. The number of anilines is 1. The molecule has 2 aromatic rings. The molecule has 2 amide bonds. The van der Waals surface area contributed by atoms with Gasteiger partial charge in [-0.25, -0.2) is 4.79 Å². The predicted molar refractivity (Wildman–Crippen MR) is 76.6 cm³/mol. The molecule has 0 aliphatic rings. The van der Waals surface area contributed by atoms with Crippen LogP contribution in [0.2, 0.25) is 0 Å². The number of rotatable bonds is 4. The number of H-pyrrole nitrogens is 1. The summed E-state index contributed by atoms with van der Waals surface area (Å²) in [6.07, 6.45) is 0.680. The van der Waals surface area contributed by atoms with E-state index in [2.05, 4.69) is 25.9 Å². The SMILES string of the molecule is Cc1cc(C[C@H](C)NC(=O)Nc2cc(C)n(C)n2)n[nH]1. The highest BCUT2D eigenvalue weighted by Gasteiger charge is 2.11. The van der Waals surface area contributed by atoms with Gasteiger partial charge in [-0.05, 0) is 26.8 Å². The molecule has 0 unspecified atom stereocenters. The van der Waals surface area contributed by atoms with E-state index in [4.69, 9.17) is 0 Å². The number of aryl methyl sites for hydroxylation is 3. The molecular weight excluding hydrogens is 256 g/mol. The molecule has 0 bridgehead atoms. The molecule has 2 aromatic heterocycles. The minimum atomic E-state index is -0.261. The number of hydrogen-bond acceptors (Lipinski definition) is 3. The first-order valence-corrected chi connectivity index (χ1v) is 6.53. The van der Waals surface area contributed by atoms with Gasteiger partial charge in [-0.2, -0.15) is 10.2 Å². The number of aromatic amines is 1. The number of amides is 2. The largest absolute Gasteiger partial charge is 0.335 e. The Morgan fingerprint density at radius 1 is 1.45 bits per heavy atom. The molecule has 1 atom stereocenters. The summed E-state index contributed by atoms with van der Waals surface area (Å²) in [5.74, 6) is 0.547. The lowest BCUT2D eigenvalue weighted by atomic mass is 10.2. The minimum Gasteiger partial charge on any atom is -0.335 e. The van der Waals surface area contributed by atoms with Gasteiger partial charge >= 0.3 is 6.03 Å². The Morgan fingerprint density at radius 3 is 2.75 bits per heavy atom. The van der Waals surface area contributed by atoms with E-state index in [1.807, 2.05) is 40.0 Å². The Bertz CT molecular complexity index is 580. The summed E-state index contributed by atoms with van der Waals surface area (Å²) < 4.78 is 1.71. The molecule has 20 heavy (non-hydrogen) atoms. The van der Waals surface area contributed by atoms with Crippen LogP contribution in [0.25, 0.3) is 0 Å². The van der Waals surface area contributed by atoms with Crippen LogP contribution in [0, 0.1) is 13.8 Å². The van der Waals surface area contributed by atoms with Gasteiger partial charge in [0.2, 0.25) is 0 Å². The van der Waals surface area contributed by atoms with Crippen LogP contribution in [0.1, 0.15) is 24.0 Å². The van der Waals surface area contributed by atoms with Crippen LogP contribution in [0.4, 0.5) is 10.6 Å². The molecule has 7 nitrogen and oxygen atoms in total. The highest BCUT2D eigenvalue weighted by atomic mass is 16.2. The summed E-state index contributed by atoms with van der Waals surface area (Å²) >= 11 is 0. The van der Waals surface area contributed by atoms with Crippen LogP contribution in [-0.2, 0) is 13.5 Å². The predicted octanol–water partition coefficient (Wildman–Crippen LogP) is 1.51. The Hall–Kier alpha value is -2.31. The van der Waals surface area contributed by atoms with E-state index in [-0.39, 0.29) is 12.1 Å². The van der Waals surface area contributed by atoms with Gasteiger partial charge in [0.15, 0.2) is 5.82 Å². The van der Waals surface area contributed by atoms with E-state index in [0.29, 0.717) is 12.2 Å². The molecule has 0 aromatic carbocycles. The third kappa shape index (κ3) is 3.59. The fourth-order valence-electron chi connectivity index (χ4n) is 1.94. The number of hydrogen-bond donors (Lipinski definition) is 3. The number of carbonyl (C=O) groups excluding carboxylic acids is 1. The van der Waals surface area contributed by atoms with Crippen molar-refractivity contribution >= 4 is 11.8 Å². The zero-order valence-electron chi connectivity index (χ0n) is 12.2. The number of nitrogens with one attached hydrogen (secondary N) is 3. The maximum absolute atomic E-state index is 11.8. The fourth-order valence-corrected chi connectivity index (χ4v) is 1.94. The summed E-state index contributed by atoms with van der Waals surface area (Å²) in [7, 11) is 1.83. The number of aromatic nitrogens is 4.